The Balaban J connectivity index is 2.04. The first-order valence-electron chi connectivity index (χ1n) is 6.90. The van der Waals surface area contributed by atoms with E-state index in [0.717, 1.165) is 24.7 Å². The predicted octanol–water partition coefficient (Wildman–Crippen LogP) is 3.44. The van der Waals surface area contributed by atoms with Gasteiger partial charge >= 0.3 is 0 Å². The van der Waals surface area contributed by atoms with Gasteiger partial charge in [0.25, 0.3) is 0 Å². The number of aromatic nitrogens is 1. The molecule has 21 heavy (non-hydrogen) atoms. The summed E-state index contributed by atoms with van der Waals surface area (Å²) < 4.78 is 32.0. The summed E-state index contributed by atoms with van der Waals surface area (Å²) in [6.45, 7) is 3.64. The second kappa shape index (κ2) is 7.69. The predicted molar refractivity (Wildman–Crippen MR) is 76.9 cm³/mol. The highest BCUT2D eigenvalue weighted by Crippen LogP contribution is 2.21. The Morgan fingerprint density at radius 1 is 1.14 bits per heavy atom. The lowest BCUT2D eigenvalue weighted by Crippen LogP contribution is -2.15. The molecular formula is C16H18F2N2O. The lowest BCUT2D eigenvalue weighted by atomic mass is 10.2. The molecule has 1 heterocycles. The van der Waals surface area contributed by atoms with Gasteiger partial charge in [0, 0.05) is 23.9 Å². The molecule has 0 radical (unpaired) electrons. The molecule has 2 rings (SSSR count). The molecule has 0 aliphatic heterocycles. The van der Waals surface area contributed by atoms with Crippen molar-refractivity contribution in [3.05, 3.63) is 59.4 Å². The summed E-state index contributed by atoms with van der Waals surface area (Å²) in [4.78, 5) is 3.77. The van der Waals surface area contributed by atoms with Crippen molar-refractivity contribution in [2.75, 3.05) is 6.54 Å². The number of rotatable bonds is 7. The van der Waals surface area contributed by atoms with Gasteiger partial charge in [0.15, 0.2) is 0 Å². The molecule has 3 nitrogen and oxygen atoms in total. The molecule has 0 amide bonds. The molecule has 5 heteroatoms. The third-order valence-corrected chi connectivity index (χ3v) is 2.92. The van der Waals surface area contributed by atoms with E-state index in [-0.39, 0.29) is 12.4 Å². The average molecular weight is 292 g/mol. The Morgan fingerprint density at radius 2 is 2.00 bits per heavy atom. The smallest absolute Gasteiger partial charge is 0.141 e. The highest BCUT2D eigenvalue weighted by molar-refractivity contribution is 5.34. The molecule has 0 aliphatic rings. The zero-order valence-electron chi connectivity index (χ0n) is 11.9. The van der Waals surface area contributed by atoms with Crippen molar-refractivity contribution < 1.29 is 13.5 Å². The van der Waals surface area contributed by atoms with Gasteiger partial charge in [0.2, 0.25) is 0 Å². The third kappa shape index (κ3) is 4.79. The van der Waals surface area contributed by atoms with E-state index in [1.165, 1.54) is 18.2 Å². The van der Waals surface area contributed by atoms with Crippen LogP contribution in [0, 0.1) is 11.6 Å². The minimum absolute atomic E-state index is 0.192. The Labute approximate surface area is 123 Å². The first-order chi connectivity index (χ1) is 10.2. The van der Waals surface area contributed by atoms with Crippen LogP contribution in [0.5, 0.6) is 5.75 Å². The van der Waals surface area contributed by atoms with Gasteiger partial charge in [-0.2, -0.15) is 0 Å². The van der Waals surface area contributed by atoms with Gasteiger partial charge in [-0.05, 0) is 37.2 Å². The summed E-state index contributed by atoms with van der Waals surface area (Å²) in [5.41, 5.74) is 1.37. The maximum absolute atomic E-state index is 13.3. The van der Waals surface area contributed by atoms with Gasteiger partial charge in [0.05, 0.1) is 6.20 Å². The molecule has 0 saturated carbocycles. The van der Waals surface area contributed by atoms with E-state index in [4.69, 9.17) is 4.74 Å². The molecule has 0 spiro atoms. The van der Waals surface area contributed by atoms with Gasteiger partial charge in [-0.15, -0.1) is 0 Å². The Kier molecular flexibility index (Phi) is 5.63. The summed E-state index contributed by atoms with van der Waals surface area (Å²) in [5, 5.41) is 3.21. The molecule has 2 aromatic rings. The first kappa shape index (κ1) is 15.4. The van der Waals surface area contributed by atoms with Crippen LogP contribution in [0.15, 0.2) is 36.7 Å². The number of nitrogens with zero attached hydrogens (tertiary/aromatic N) is 1. The molecule has 112 valence electrons. The highest BCUT2D eigenvalue weighted by Gasteiger charge is 2.06. The minimum Gasteiger partial charge on any atom is -0.489 e. The van der Waals surface area contributed by atoms with Crippen molar-refractivity contribution in [3.63, 3.8) is 0 Å². The SMILES string of the molecule is CCCNCc1cc(F)ccc1OCc1cncc(F)c1. The molecule has 1 aromatic heterocycles. The van der Waals surface area contributed by atoms with Gasteiger partial charge in [-0.1, -0.05) is 6.92 Å². The standard InChI is InChI=1S/C16H18F2N2O/c1-2-5-19-9-13-7-14(17)3-4-16(13)21-11-12-6-15(18)10-20-8-12/h3-4,6-8,10,19H,2,5,9,11H2,1H3. The zero-order chi connectivity index (χ0) is 15.1. The van der Waals surface area contributed by atoms with Crippen LogP contribution in [-0.2, 0) is 13.2 Å². The number of hydrogen-bond donors (Lipinski definition) is 1. The number of nitrogens with one attached hydrogen (secondary N) is 1. The molecule has 0 saturated heterocycles. The summed E-state index contributed by atoms with van der Waals surface area (Å²) in [5.74, 6) is -0.118. The van der Waals surface area contributed by atoms with Crippen molar-refractivity contribution >= 4 is 0 Å². The normalized spacial score (nSPS) is 10.6. The Morgan fingerprint density at radius 3 is 2.76 bits per heavy atom. The summed E-state index contributed by atoms with van der Waals surface area (Å²) >= 11 is 0. The van der Waals surface area contributed by atoms with Crippen molar-refractivity contribution in [2.45, 2.75) is 26.5 Å². The number of ether oxygens (including phenoxy) is 1. The van der Waals surface area contributed by atoms with Crippen LogP contribution in [0.25, 0.3) is 0 Å². The molecule has 0 fully saturated rings. The maximum Gasteiger partial charge on any atom is 0.141 e. The number of benzene rings is 1. The molecule has 0 bridgehead atoms. The van der Waals surface area contributed by atoms with E-state index >= 15 is 0 Å². The molecular weight excluding hydrogens is 274 g/mol. The van der Waals surface area contributed by atoms with Gasteiger partial charge in [-0.25, -0.2) is 8.78 Å². The number of halogens is 2. The largest absolute Gasteiger partial charge is 0.489 e. The maximum atomic E-state index is 13.3. The molecule has 0 atom stereocenters. The van der Waals surface area contributed by atoms with Gasteiger partial charge in [0.1, 0.15) is 24.0 Å². The van der Waals surface area contributed by atoms with Gasteiger partial charge < -0.3 is 10.1 Å². The second-order valence-electron chi connectivity index (χ2n) is 4.73. The van der Waals surface area contributed by atoms with Crippen LogP contribution in [0.2, 0.25) is 0 Å². The Bertz CT molecular complexity index is 590. The van der Waals surface area contributed by atoms with Crippen LogP contribution >= 0.6 is 0 Å². The van der Waals surface area contributed by atoms with Crippen LogP contribution < -0.4 is 10.1 Å². The highest BCUT2D eigenvalue weighted by atomic mass is 19.1. The van der Waals surface area contributed by atoms with E-state index in [0.29, 0.717) is 17.9 Å². The summed E-state index contributed by atoms with van der Waals surface area (Å²) in [7, 11) is 0. The molecule has 1 N–H and O–H groups in total. The van der Waals surface area contributed by atoms with Crippen LogP contribution in [0.1, 0.15) is 24.5 Å². The molecule has 1 aromatic carbocycles. The van der Waals surface area contributed by atoms with Crippen LogP contribution in [-0.4, -0.2) is 11.5 Å². The summed E-state index contributed by atoms with van der Waals surface area (Å²) in [6.07, 6.45) is 3.68. The Hall–Kier alpha value is -2.01. The molecule has 0 aliphatic carbocycles. The van der Waals surface area contributed by atoms with E-state index in [2.05, 4.69) is 17.2 Å². The minimum atomic E-state index is -0.403. The second-order valence-corrected chi connectivity index (χ2v) is 4.73. The fourth-order valence-corrected chi connectivity index (χ4v) is 1.92. The van der Waals surface area contributed by atoms with E-state index in [9.17, 15) is 8.78 Å². The van der Waals surface area contributed by atoms with Crippen LogP contribution in [0.3, 0.4) is 0 Å². The van der Waals surface area contributed by atoms with E-state index in [1.54, 1.807) is 12.3 Å². The first-order valence-corrected chi connectivity index (χ1v) is 6.90. The fraction of sp³-hybridized carbons (Fsp3) is 0.312. The number of pyridine rings is 1. The zero-order valence-corrected chi connectivity index (χ0v) is 11.9. The molecule has 0 unspecified atom stereocenters. The lowest BCUT2D eigenvalue weighted by molar-refractivity contribution is 0.300. The topological polar surface area (TPSA) is 34.1 Å². The van der Waals surface area contributed by atoms with E-state index < -0.39 is 5.82 Å². The number of hydrogen-bond acceptors (Lipinski definition) is 3. The van der Waals surface area contributed by atoms with Crippen molar-refractivity contribution in [3.8, 4) is 5.75 Å². The van der Waals surface area contributed by atoms with Crippen molar-refractivity contribution in [1.29, 1.82) is 0 Å². The van der Waals surface area contributed by atoms with Crippen LogP contribution in [0.4, 0.5) is 8.78 Å². The van der Waals surface area contributed by atoms with Crippen molar-refractivity contribution in [2.24, 2.45) is 0 Å². The monoisotopic (exact) mass is 292 g/mol. The lowest BCUT2D eigenvalue weighted by Gasteiger charge is -2.12. The average Bonchev–Trinajstić information content (AvgIpc) is 2.47. The van der Waals surface area contributed by atoms with E-state index in [1.807, 2.05) is 0 Å². The third-order valence-electron chi connectivity index (χ3n) is 2.92. The quantitative estimate of drug-likeness (QED) is 0.794. The fourth-order valence-electron chi connectivity index (χ4n) is 1.92. The van der Waals surface area contributed by atoms with Crippen molar-refractivity contribution in [1.82, 2.24) is 10.3 Å². The summed E-state index contributed by atoms with van der Waals surface area (Å²) in [6, 6.07) is 5.75. The van der Waals surface area contributed by atoms with Gasteiger partial charge in [-0.3, -0.25) is 4.98 Å².